The molecular weight excluding hydrogens is 320 g/mol. The van der Waals surface area contributed by atoms with Crippen molar-refractivity contribution in [3.8, 4) is 23.2 Å². The number of H-pyrrole nitrogens is 2. The molecule has 0 aliphatic rings. The molecule has 2 heterocycles. The lowest BCUT2D eigenvalue weighted by molar-refractivity contribution is 1.12. The first-order chi connectivity index (χ1) is 12.9. The van der Waals surface area contributed by atoms with Crippen LogP contribution in [0.5, 0.6) is 0 Å². The van der Waals surface area contributed by atoms with Crippen LogP contribution < -0.4 is 0 Å². The molecular formula is C22H14N4. The van der Waals surface area contributed by atoms with Gasteiger partial charge in [0.1, 0.15) is 0 Å². The van der Waals surface area contributed by atoms with E-state index in [2.05, 4.69) is 22.0 Å². The van der Waals surface area contributed by atoms with E-state index in [-0.39, 0.29) is 0 Å². The third-order valence-electron chi connectivity index (χ3n) is 4.32. The van der Waals surface area contributed by atoms with Crippen molar-refractivity contribution in [3.05, 3.63) is 84.1 Å². The zero-order valence-electron chi connectivity index (χ0n) is 13.8. The molecule has 4 heteroatoms. The van der Waals surface area contributed by atoms with Gasteiger partial charge in [0.15, 0.2) is 5.82 Å². The van der Waals surface area contributed by atoms with Crippen LogP contribution in [0.4, 0.5) is 0 Å². The number of nitrogens with one attached hydrogen (secondary N) is 2. The highest BCUT2D eigenvalue weighted by molar-refractivity contribution is 5.94. The van der Waals surface area contributed by atoms with E-state index < -0.39 is 0 Å². The molecule has 0 atom stereocenters. The predicted octanol–water partition coefficient (Wildman–Crippen LogP) is 4.51. The SMILES string of the molecule is C(#Cc1ccccc1-c1nc2cc3c[nH][nH]c3cc2n1)c1ccccc1. The van der Waals surface area contributed by atoms with Gasteiger partial charge in [-0.1, -0.05) is 42.2 Å². The fraction of sp³-hybridized carbons (Fsp3) is 0. The quantitative estimate of drug-likeness (QED) is 0.443. The van der Waals surface area contributed by atoms with Gasteiger partial charge >= 0.3 is 0 Å². The van der Waals surface area contributed by atoms with Gasteiger partial charge in [-0.25, -0.2) is 9.97 Å². The lowest BCUT2D eigenvalue weighted by Crippen LogP contribution is -1.86. The molecule has 4 nitrogen and oxygen atoms in total. The van der Waals surface area contributed by atoms with Gasteiger partial charge in [-0.05, 0) is 36.4 Å². The van der Waals surface area contributed by atoms with Crippen LogP contribution in [0.25, 0.3) is 33.3 Å². The van der Waals surface area contributed by atoms with Crippen molar-refractivity contribution in [2.45, 2.75) is 0 Å². The average Bonchev–Trinajstić information content (AvgIpc) is 3.31. The number of rotatable bonds is 1. The normalized spacial score (nSPS) is 10.8. The molecule has 0 radical (unpaired) electrons. The molecule has 5 aromatic rings. The molecule has 0 saturated carbocycles. The van der Waals surface area contributed by atoms with Crippen LogP contribution in [-0.4, -0.2) is 20.2 Å². The molecule has 2 N–H and O–H groups in total. The summed E-state index contributed by atoms with van der Waals surface area (Å²) in [6, 6.07) is 22.0. The Labute approximate surface area is 149 Å². The van der Waals surface area contributed by atoms with Crippen LogP contribution in [0.1, 0.15) is 11.1 Å². The smallest absolute Gasteiger partial charge is 0.161 e. The van der Waals surface area contributed by atoms with E-state index in [1.54, 1.807) is 0 Å². The van der Waals surface area contributed by atoms with E-state index in [1.165, 1.54) is 0 Å². The van der Waals surface area contributed by atoms with Gasteiger partial charge in [-0.15, -0.1) is 0 Å². The fourth-order valence-corrected chi connectivity index (χ4v) is 3.01. The Morgan fingerprint density at radius 2 is 1.54 bits per heavy atom. The standard InChI is InChI=1S/C22H14N4/c1-2-6-15(7-3-1)10-11-16-8-4-5-9-18(16)22-24-20-12-17-14-23-26-19(17)13-21(20)25-22/h1-9,12-14,23,26H. The van der Waals surface area contributed by atoms with E-state index in [4.69, 9.17) is 9.97 Å². The van der Waals surface area contributed by atoms with Crippen molar-refractivity contribution in [1.29, 1.82) is 0 Å². The Morgan fingerprint density at radius 1 is 0.769 bits per heavy atom. The molecule has 0 spiro atoms. The molecule has 0 saturated heterocycles. The van der Waals surface area contributed by atoms with Crippen molar-refractivity contribution >= 4 is 21.9 Å². The van der Waals surface area contributed by atoms with Gasteiger partial charge in [0, 0.05) is 28.3 Å². The minimum Gasteiger partial charge on any atom is -0.307 e. The van der Waals surface area contributed by atoms with E-state index in [9.17, 15) is 0 Å². The first kappa shape index (κ1) is 14.5. The molecule has 0 aliphatic carbocycles. The molecule has 0 aliphatic heterocycles. The number of aromatic nitrogens is 4. The first-order valence-corrected chi connectivity index (χ1v) is 8.36. The number of aromatic amines is 2. The van der Waals surface area contributed by atoms with Crippen LogP contribution in [-0.2, 0) is 0 Å². The zero-order valence-corrected chi connectivity index (χ0v) is 13.8. The van der Waals surface area contributed by atoms with Crippen LogP contribution >= 0.6 is 0 Å². The largest absolute Gasteiger partial charge is 0.307 e. The van der Waals surface area contributed by atoms with Crippen LogP contribution in [0.15, 0.2) is 72.9 Å². The number of nitrogens with zero attached hydrogens (tertiary/aromatic N) is 2. The number of hydrogen-bond acceptors (Lipinski definition) is 2. The third-order valence-corrected chi connectivity index (χ3v) is 4.32. The monoisotopic (exact) mass is 334 g/mol. The van der Waals surface area contributed by atoms with Crippen molar-refractivity contribution < 1.29 is 0 Å². The van der Waals surface area contributed by atoms with Gasteiger partial charge in [-0.2, -0.15) is 0 Å². The second kappa shape index (κ2) is 5.91. The Balaban J connectivity index is 1.62. The maximum atomic E-state index is 4.72. The summed E-state index contributed by atoms with van der Waals surface area (Å²) in [6.07, 6.45) is 1.92. The van der Waals surface area contributed by atoms with E-state index in [0.717, 1.165) is 38.6 Å². The van der Waals surface area contributed by atoms with E-state index in [1.807, 2.05) is 72.9 Å². The maximum Gasteiger partial charge on any atom is 0.161 e. The maximum absolute atomic E-state index is 4.72. The number of imidazole rings is 1. The predicted molar refractivity (Wildman–Crippen MR) is 104 cm³/mol. The van der Waals surface area contributed by atoms with Gasteiger partial charge in [-0.3, -0.25) is 0 Å². The third kappa shape index (κ3) is 2.52. The highest BCUT2D eigenvalue weighted by Crippen LogP contribution is 2.26. The minimum atomic E-state index is 0.703. The summed E-state index contributed by atoms with van der Waals surface area (Å²) in [5.41, 5.74) is 5.62. The summed E-state index contributed by atoms with van der Waals surface area (Å²) >= 11 is 0. The van der Waals surface area contributed by atoms with Gasteiger partial charge in [0.25, 0.3) is 0 Å². The Morgan fingerprint density at radius 3 is 2.42 bits per heavy atom. The summed E-state index contributed by atoms with van der Waals surface area (Å²) in [5, 5.41) is 7.17. The van der Waals surface area contributed by atoms with Crippen LogP contribution in [0.2, 0.25) is 0 Å². The number of hydrogen-bond donors (Lipinski definition) is 2. The molecule has 0 fully saturated rings. The van der Waals surface area contributed by atoms with E-state index in [0.29, 0.717) is 5.82 Å². The Bertz CT molecular complexity index is 1240. The molecule has 0 unspecified atom stereocenters. The zero-order chi connectivity index (χ0) is 17.3. The van der Waals surface area contributed by atoms with Gasteiger partial charge in [0.05, 0.1) is 16.6 Å². The Kier molecular flexibility index (Phi) is 3.29. The molecule has 2 aromatic heterocycles. The molecule has 122 valence electrons. The second-order valence-corrected chi connectivity index (χ2v) is 6.05. The minimum absolute atomic E-state index is 0.703. The molecule has 3 aromatic carbocycles. The molecule has 5 rings (SSSR count). The lowest BCUT2D eigenvalue weighted by Gasteiger charge is -1.99. The summed E-state index contributed by atoms with van der Waals surface area (Å²) in [6.45, 7) is 0. The van der Waals surface area contributed by atoms with E-state index >= 15 is 0 Å². The summed E-state index contributed by atoms with van der Waals surface area (Å²) in [7, 11) is 0. The van der Waals surface area contributed by atoms with Crippen molar-refractivity contribution in [3.63, 3.8) is 0 Å². The topological polar surface area (TPSA) is 57.4 Å². The van der Waals surface area contributed by atoms with Crippen molar-refractivity contribution in [2.75, 3.05) is 0 Å². The van der Waals surface area contributed by atoms with Gasteiger partial charge < -0.3 is 10.2 Å². The average molecular weight is 334 g/mol. The summed E-state index contributed by atoms with van der Waals surface area (Å²) in [5.74, 6) is 7.17. The fourth-order valence-electron chi connectivity index (χ4n) is 3.01. The van der Waals surface area contributed by atoms with Crippen molar-refractivity contribution in [2.24, 2.45) is 0 Å². The highest BCUT2D eigenvalue weighted by Gasteiger charge is 2.11. The van der Waals surface area contributed by atoms with Crippen LogP contribution in [0.3, 0.4) is 0 Å². The number of fused-ring (bicyclic) bond motifs is 2. The summed E-state index contributed by atoms with van der Waals surface area (Å²) in [4.78, 5) is 9.44. The lowest BCUT2D eigenvalue weighted by atomic mass is 10.1. The van der Waals surface area contributed by atoms with Crippen molar-refractivity contribution in [1.82, 2.24) is 20.2 Å². The summed E-state index contributed by atoms with van der Waals surface area (Å²) < 4.78 is 0. The van der Waals surface area contributed by atoms with Gasteiger partial charge in [0.2, 0.25) is 0 Å². The second-order valence-electron chi connectivity index (χ2n) is 6.05. The first-order valence-electron chi connectivity index (χ1n) is 8.36. The number of benzene rings is 3. The Hall–Kier alpha value is -3.84. The molecule has 0 bridgehead atoms. The highest BCUT2D eigenvalue weighted by atomic mass is 15.1. The molecule has 0 amide bonds. The van der Waals surface area contributed by atoms with Crippen LogP contribution in [0, 0.1) is 11.8 Å². The molecule has 26 heavy (non-hydrogen) atoms.